The minimum atomic E-state index is -0.948. The van der Waals surface area contributed by atoms with E-state index in [1.807, 2.05) is 0 Å². The second-order valence-electron chi connectivity index (χ2n) is 4.82. The van der Waals surface area contributed by atoms with Gasteiger partial charge in [0.25, 0.3) is 0 Å². The first-order valence-corrected chi connectivity index (χ1v) is 6.29. The normalized spacial score (nSPS) is 17.5. The van der Waals surface area contributed by atoms with Crippen LogP contribution in [-0.4, -0.2) is 83.4 Å². The van der Waals surface area contributed by atoms with Crippen LogP contribution in [0.1, 0.15) is 13.8 Å². The second kappa shape index (κ2) is 6.51. The SMILES string of the molecule is CC(=O)N1CCN(C(=O)CN(C)C(C)C(=O)O)CC1. The molecule has 1 aliphatic rings. The van der Waals surface area contributed by atoms with Gasteiger partial charge in [-0.25, -0.2) is 0 Å². The Kier molecular flexibility index (Phi) is 5.29. The lowest BCUT2D eigenvalue weighted by molar-refractivity contribution is -0.144. The molecule has 0 aromatic heterocycles. The van der Waals surface area contributed by atoms with E-state index in [0.29, 0.717) is 26.2 Å². The third-order valence-corrected chi connectivity index (χ3v) is 3.48. The van der Waals surface area contributed by atoms with Gasteiger partial charge in [0.05, 0.1) is 6.54 Å². The van der Waals surface area contributed by atoms with E-state index in [2.05, 4.69) is 0 Å². The number of carbonyl (C=O) groups excluding carboxylic acids is 2. The highest BCUT2D eigenvalue weighted by Gasteiger charge is 2.25. The number of aliphatic carboxylic acids is 1. The summed E-state index contributed by atoms with van der Waals surface area (Å²) < 4.78 is 0. The Hall–Kier alpha value is -1.63. The molecule has 1 saturated heterocycles. The third-order valence-electron chi connectivity index (χ3n) is 3.48. The topological polar surface area (TPSA) is 81.2 Å². The minimum Gasteiger partial charge on any atom is -0.480 e. The number of hydrogen-bond acceptors (Lipinski definition) is 4. The molecule has 1 N–H and O–H groups in total. The lowest BCUT2D eigenvalue weighted by Gasteiger charge is -2.35. The molecule has 1 unspecified atom stereocenters. The van der Waals surface area contributed by atoms with Crippen LogP contribution < -0.4 is 0 Å². The van der Waals surface area contributed by atoms with Crippen LogP contribution in [0.4, 0.5) is 0 Å². The zero-order chi connectivity index (χ0) is 14.6. The average molecular weight is 271 g/mol. The molecule has 0 saturated carbocycles. The number of nitrogens with zero attached hydrogens (tertiary/aromatic N) is 3. The first kappa shape index (κ1) is 15.4. The van der Waals surface area contributed by atoms with Crippen LogP contribution in [0.5, 0.6) is 0 Å². The van der Waals surface area contributed by atoms with Crippen molar-refractivity contribution in [3.63, 3.8) is 0 Å². The van der Waals surface area contributed by atoms with Crippen molar-refractivity contribution in [1.29, 1.82) is 0 Å². The van der Waals surface area contributed by atoms with Crippen LogP contribution >= 0.6 is 0 Å². The summed E-state index contributed by atoms with van der Waals surface area (Å²) in [6.07, 6.45) is 0. The molecule has 0 radical (unpaired) electrons. The number of carboxylic acids is 1. The van der Waals surface area contributed by atoms with E-state index in [4.69, 9.17) is 5.11 Å². The Morgan fingerprint density at radius 3 is 2.05 bits per heavy atom. The molecule has 19 heavy (non-hydrogen) atoms. The molecule has 7 heteroatoms. The van der Waals surface area contributed by atoms with Gasteiger partial charge in [0.1, 0.15) is 6.04 Å². The fourth-order valence-corrected chi connectivity index (χ4v) is 1.91. The summed E-state index contributed by atoms with van der Waals surface area (Å²) in [6, 6.07) is -0.692. The molecule has 0 aliphatic carbocycles. The number of hydrogen-bond donors (Lipinski definition) is 1. The number of amides is 2. The van der Waals surface area contributed by atoms with Gasteiger partial charge in [0.2, 0.25) is 11.8 Å². The van der Waals surface area contributed by atoms with Crippen molar-refractivity contribution in [2.24, 2.45) is 0 Å². The van der Waals surface area contributed by atoms with Gasteiger partial charge < -0.3 is 14.9 Å². The van der Waals surface area contributed by atoms with Crippen LogP contribution in [0.15, 0.2) is 0 Å². The van der Waals surface area contributed by atoms with E-state index in [1.165, 1.54) is 11.8 Å². The van der Waals surface area contributed by atoms with E-state index >= 15 is 0 Å². The Balaban J connectivity index is 2.43. The first-order chi connectivity index (χ1) is 8.82. The molecule has 108 valence electrons. The molecule has 1 heterocycles. The quantitative estimate of drug-likeness (QED) is 0.715. The maximum atomic E-state index is 12.0. The molecule has 2 amide bonds. The molecule has 1 fully saturated rings. The Morgan fingerprint density at radius 2 is 1.63 bits per heavy atom. The van der Waals surface area contributed by atoms with Crippen LogP contribution in [-0.2, 0) is 14.4 Å². The summed E-state index contributed by atoms with van der Waals surface area (Å²) >= 11 is 0. The summed E-state index contributed by atoms with van der Waals surface area (Å²) in [5.41, 5.74) is 0. The zero-order valence-electron chi connectivity index (χ0n) is 11.6. The molecule has 1 atom stereocenters. The van der Waals surface area contributed by atoms with Gasteiger partial charge in [-0.1, -0.05) is 0 Å². The summed E-state index contributed by atoms with van der Waals surface area (Å²) in [5.74, 6) is -1.03. The highest BCUT2D eigenvalue weighted by atomic mass is 16.4. The second-order valence-corrected chi connectivity index (χ2v) is 4.82. The fraction of sp³-hybridized carbons (Fsp3) is 0.750. The van der Waals surface area contributed by atoms with Crippen molar-refractivity contribution in [3.8, 4) is 0 Å². The predicted octanol–water partition coefficient (Wildman–Crippen LogP) is -0.918. The number of likely N-dealkylation sites (N-methyl/N-ethyl adjacent to an activating group) is 1. The van der Waals surface area contributed by atoms with E-state index in [0.717, 1.165) is 0 Å². The maximum absolute atomic E-state index is 12.0. The van der Waals surface area contributed by atoms with Gasteiger partial charge in [0.15, 0.2) is 0 Å². The van der Waals surface area contributed by atoms with E-state index in [1.54, 1.807) is 23.8 Å². The average Bonchev–Trinajstić information content (AvgIpc) is 2.37. The number of piperazine rings is 1. The minimum absolute atomic E-state index is 0.0173. The summed E-state index contributed by atoms with van der Waals surface area (Å²) in [6.45, 7) is 5.23. The molecule has 1 rings (SSSR count). The monoisotopic (exact) mass is 271 g/mol. The van der Waals surface area contributed by atoms with Gasteiger partial charge in [-0.05, 0) is 14.0 Å². The van der Waals surface area contributed by atoms with Gasteiger partial charge in [0, 0.05) is 33.1 Å². The summed E-state index contributed by atoms with van der Waals surface area (Å²) in [5, 5.41) is 8.86. The Morgan fingerprint density at radius 1 is 1.16 bits per heavy atom. The van der Waals surface area contributed by atoms with Crippen LogP contribution in [0.2, 0.25) is 0 Å². The van der Waals surface area contributed by atoms with Crippen molar-refractivity contribution >= 4 is 17.8 Å². The Labute approximate surface area is 112 Å². The van der Waals surface area contributed by atoms with Crippen LogP contribution in [0, 0.1) is 0 Å². The summed E-state index contributed by atoms with van der Waals surface area (Å²) in [4.78, 5) is 38.8. The lowest BCUT2D eigenvalue weighted by Crippen LogP contribution is -2.53. The van der Waals surface area contributed by atoms with Gasteiger partial charge >= 0.3 is 5.97 Å². The van der Waals surface area contributed by atoms with Gasteiger partial charge in [-0.3, -0.25) is 19.3 Å². The standard InChI is InChI=1S/C12H21N3O4/c1-9(12(18)19)13(3)8-11(17)15-6-4-14(5-7-15)10(2)16/h9H,4-8H2,1-3H3,(H,18,19). The smallest absolute Gasteiger partial charge is 0.320 e. The molecular formula is C12H21N3O4. The highest BCUT2D eigenvalue weighted by Crippen LogP contribution is 2.04. The molecule has 0 aromatic rings. The van der Waals surface area contributed by atoms with Gasteiger partial charge in [-0.15, -0.1) is 0 Å². The van der Waals surface area contributed by atoms with Crippen LogP contribution in [0.3, 0.4) is 0 Å². The first-order valence-electron chi connectivity index (χ1n) is 6.29. The molecule has 0 bridgehead atoms. The Bertz CT molecular complexity index is 364. The van der Waals surface area contributed by atoms with E-state index in [-0.39, 0.29) is 18.4 Å². The largest absolute Gasteiger partial charge is 0.480 e. The van der Waals surface area contributed by atoms with E-state index < -0.39 is 12.0 Å². The van der Waals surface area contributed by atoms with Crippen molar-refractivity contribution in [2.75, 3.05) is 39.8 Å². The van der Waals surface area contributed by atoms with Crippen molar-refractivity contribution in [3.05, 3.63) is 0 Å². The fourth-order valence-electron chi connectivity index (χ4n) is 1.91. The van der Waals surface area contributed by atoms with Crippen molar-refractivity contribution in [2.45, 2.75) is 19.9 Å². The molecule has 1 aliphatic heterocycles. The number of rotatable bonds is 4. The molecule has 0 spiro atoms. The third kappa shape index (κ3) is 4.20. The molecular weight excluding hydrogens is 250 g/mol. The van der Waals surface area contributed by atoms with Gasteiger partial charge in [-0.2, -0.15) is 0 Å². The van der Waals surface area contributed by atoms with Crippen molar-refractivity contribution in [1.82, 2.24) is 14.7 Å². The predicted molar refractivity (Wildman–Crippen MR) is 68.6 cm³/mol. The molecule has 0 aromatic carbocycles. The lowest BCUT2D eigenvalue weighted by atomic mass is 10.2. The van der Waals surface area contributed by atoms with Crippen molar-refractivity contribution < 1.29 is 19.5 Å². The summed E-state index contributed by atoms with van der Waals surface area (Å²) in [7, 11) is 1.61. The zero-order valence-corrected chi connectivity index (χ0v) is 11.6. The highest BCUT2D eigenvalue weighted by molar-refractivity contribution is 5.80. The maximum Gasteiger partial charge on any atom is 0.320 e. The number of carboxylic acid groups (broad SMARTS) is 1. The number of carbonyl (C=O) groups is 3. The van der Waals surface area contributed by atoms with Crippen LogP contribution in [0.25, 0.3) is 0 Å². The van der Waals surface area contributed by atoms with E-state index in [9.17, 15) is 14.4 Å². The molecule has 7 nitrogen and oxygen atoms in total.